The van der Waals surface area contributed by atoms with Crippen molar-refractivity contribution < 1.29 is 9.90 Å². The van der Waals surface area contributed by atoms with E-state index in [4.69, 9.17) is 0 Å². The van der Waals surface area contributed by atoms with Gasteiger partial charge in [0.15, 0.2) is 0 Å². The molecule has 4 nitrogen and oxygen atoms in total. The number of carboxylic acid groups (broad SMARTS) is 1. The van der Waals surface area contributed by atoms with Gasteiger partial charge >= 0.3 is 5.97 Å². The van der Waals surface area contributed by atoms with Gasteiger partial charge < -0.3 is 5.11 Å². The van der Waals surface area contributed by atoms with Gasteiger partial charge in [-0.1, -0.05) is 104 Å². The van der Waals surface area contributed by atoms with E-state index in [0.717, 1.165) is 25.9 Å². The van der Waals surface area contributed by atoms with Crippen molar-refractivity contribution in [2.24, 2.45) is 0 Å². The van der Waals surface area contributed by atoms with E-state index in [2.05, 4.69) is 53.4 Å². The number of rotatable bonds is 2. The molecular formula is C29H48N2O2. The Morgan fingerprint density at radius 1 is 0.758 bits per heavy atom. The number of fused-ring (bicyclic) bond motifs is 2. The Bertz CT molecular complexity index is 743. The highest BCUT2D eigenvalue weighted by molar-refractivity contribution is 5.74. The lowest BCUT2D eigenvalue weighted by Crippen LogP contribution is -2.55. The first-order valence-corrected chi connectivity index (χ1v) is 13.0. The van der Waals surface area contributed by atoms with Gasteiger partial charge in [-0.2, -0.15) is 0 Å². The summed E-state index contributed by atoms with van der Waals surface area (Å²) < 4.78 is 0. The van der Waals surface area contributed by atoms with Crippen LogP contribution in [0.5, 0.6) is 0 Å². The molecule has 0 radical (unpaired) electrons. The van der Waals surface area contributed by atoms with Crippen molar-refractivity contribution in [2.75, 3.05) is 26.7 Å². The van der Waals surface area contributed by atoms with Crippen LogP contribution in [-0.4, -0.2) is 53.6 Å². The van der Waals surface area contributed by atoms with Crippen molar-refractivity contribution in [3.05, 3.63) is 70.8 Å². The molecule has 1 aliphatic heterocycles. The van der Waals surface area contributed by atoms with Gasteiger partial charge in [0.2, 0.25) is 0 Å². The number of piperazine rings is 1. The lowest BCUT2D eigenvalue weighted by molar-refractivity contribution is -0.145. The SMILES string of the molecule is CC.CC.CC.CC.CN1CCN(C2c3ccccc3CCc3ccccc32)C[C@@H]1C(=O)O. The highest BCUT2D eigenvalue weighted by atomic mass is 16.4. The molecule has 33 heavy (non-hydrogen) atoms. The highest BCUT2D eigenvalue weighted by Gasteiger charge is 2.36. The molecule has 1 fully saturated rings. The summed E-state index contributed by atoms with van der Waals surface area (Å²) >= 11 is 0. The maximum Gasteiger partial charge on any atom is 0.322 e. The topological polar surface area (TPSA) is 43.8 Å². The van der Waals surface area contributed by atoms with Gasteiger partial charge in [-0.05, 0) is 42.1 Å². The van der Waals surface area contributed by atoms with E-state index in [1.54, 1.807) is 0 Å². The molecule has 1 saturated heterocycles. The van der Waals surface area contributed by atoms with E-state index in [1.165, 1.54) is 22.3 Å². The van der Waals surface area contributed by atoms with E-state index >= 15 is 0 Å². The van der Waals surface area contributed by atoms with Crippen molar-refractivity contribution >= 4 is 5.97 Å². The Morgan fingerprint density at radius 3 is 1.61 bits per heavy atom. The number of carboxylic acids is 1. The molecule has 1 heterocycles. The van der Waals surface area contributed by atoms with Crippen LogP contribution in [0.15, 0.2) is 48.5 Å². The van der Waals surface area contributed by atoms with Crippen LogP contribution in [0.3, 0.4) is 0 Å². The molecule has 0 amide bonds. The Morgan fingerprint density at radius 2 is 1.18 bits per heavy atom. The number of hydrogen-bond acceptors (Lipinski definition) is 3. The minimum atomic E-state index is -0.734. The first-order chi connectivity index (χ1) is 16.1. The van der Waals surface area contributed by atoms with Crippen molar-refractivity contribution in [1.29, 1.82) is 0 Å². The molecule has 4 rings (SSSR count). The zero-order valence-electron chi connectivity index (χ0n) is 22.6. The lowest BCUT2D eigenvalue weighted by atomic mass is 9.92. The maximum absolute atomic E-state index is 11.7. The highest BCUT2D eigenvalue weighted by Crippen LogP contribution is 2.37. The molecule has 2 aromatic carbocycles. The fourth-order valence-electron chi connectivity index (χ4n) is 4.28. The van der Waals surface area contributed by atoms with Crippen LogP contribution in [0.25, 0.3) is 0 Å². The maximum atomic E-state index is 11.7. The van der Waals surface area contributed by atoms with Crippen molar-refractivity contribution in [3.63, 3.8) is 0 Å². The van der Waals surface area contributed by atoms with E-state index in [9.17, 15) is 9.90 Å². The van der Waals surface area contributed by atoms with Crippen LogP contribution in [0.4, 0.5) is 0 Å². The third kappa shape index (κ3) is 7.97. The summed E-state index contributed by atoms with van der Waals surface area (Å²) in [5.74, 6) is -0.734. The van der Waals surface area contributed by atoms with Gasteiger partial charge in [0.1, 0.15) is 6.04 Å². The molecule has 2 aromatic rings. The Hall–Kier alpha value is -2.17. The van der Waals surface area contributed by atoms with Gasteiger partial charge in [-0.25, -0.2) is 0 Å². The molecule has 1 atom stereocenters. The number of likely N-dealkylation sites (N-methyl/N-ethyl adjacent to an activating group) is 1. The summed E-state index contributed by atoms with van der Waals surface area (Å²) in [4.78, 5) is 16.0. The summed E-state index contributed by atoms with van der Waals surface area (Å²) in [5, 5.41) is 9.60. The molecule has 1 N–H and O–H groups in total. The third-order valence-corrected chi connectivity index (χ3v) is 5.69. The van der Waals surface area contributed by atoms with Crippen LogP contribution in [0.1, 0.15) is 83.7 Å². The number of hydrogen-bond donors (Lipinski definition) is 1. The summed E-state index contributed by atoms with van der Waals surface area (Å²) in [6.07, 6.45) is 2.08. The summed E-state index contributed by atoms with van der Waals surface area (Å²) in [7, 11) is 1.91. The molecule has 0 saturated carbocycles. The number of carbonyl (C=O) groups is 1. The van der Waals surface area contributed by atoms with Crippen LogP contribution in [0, 0.1) is 0 Å². The van der Waals surface area contributed by atoms with Gasteiger partial charge in [0.25, 0.3) is 0 Å². The normalized spacial score (nSPS) is 17.4. The van der Waals surface area contributed by atoms with Crippen LogP contribution in [-0.2, 0) is 17.6 Å². The third-order valence-electron chi connectivity index (χ3n) is 5.69. The number of aryl methyl sites for hydroxylation is 2. The van der Waals surface area contributed by atoms with Gasteiger partial charge in [0, 0.05) is 19.6 Å². The Kier molecular flexibility index (Phi) is 16.2. The zero-order valence-corrected chi connectivity index (χ0v) is 22.6. The number of aliphatic carboxylic acids is 1. The second-order valence-electron chi connectivity index (χ2n) is 7.13. The molecular weight excluding hydrogens is 408 g/mol. The van der Waals surface area contributed by atoms with E-state index in [0.29, 0.717) is 6.54 Å². The number of nitrogens with zero attached hydrogens (tertiary/aromatic N) is 2. The number of benzene rings is 2. The zero-order chi connectivity index (χ0) is 25.4. The van der Waals surface area contributed by atoms with Crippen molar-refractivity contribution in [3.8, 4) is 0 Å². The molecule has 0 unspecified atom stereocenters. The molecule has 0 bridgehead atoms. The average Bonchev–Trinajstić information content (AvgIpc) is 3.06. The minimum absolute atomic E-state index is 0.144. The van der Waals surface area contributed by atoms with Crippen LogP contribution in [0.2, 0.25) is 0 Å². The monoisotopic (exact) mass is 456 g/mol. The van der Waals surface area contributed by atoms with E-state index < -0.39 is 12.0 Å². The van der Waals surface area contributed by atoms with Crippen LogP contribution < -0.4 is 0 Å². The first-order valence-electron chi connectivity index (χ1n) is 13.0. The van der Waals surface area contributed by atoms with Gasteiger partial charge in [-0.15, -0.1) is 0 Å². The van der Waals surface area contributed by atoms with Gasteiger partial charge in [-0.3, -0.25) is 14.6 Å². The molecule has 4 heteroatoms. The standard InChI is InChI=1S/C21H24N2O2.4C2H6/c1-22-12-13-23(14-19(22)21(24)25)20-17-8-4-2-6-15(17)10-11-16-7-3-5-9-18(16)20;4*1-2/h2-9,19-20H,10-14H2,1H3,(H,24,25);4*1-2H3/t19-;;;;/m1..../s1. The largest absolute Gasteiger partial charge is 0.480 e. The fourth-order valence-corrected chi connectivity index (χ4v) is 4.28. The smallest absolute Gasteiger partial charge is 0.322 e. The summed E-state index contributed by atoms with van der Waals surface area (Å²) in [6, 6.07) is 17.0. The average molecular weight is 457 g/mol. The van der Waals surface area contributed by atoms with Crippen LogP contribution >= 0.6 is 0 Å². The molecule has 186 valence electrons. The van der Waals surface area contributed by atoms with E-state index in [-0.39, 0.29) is 6.04 Å². The lowest BCUT2D eigenvalue weighted by Gasteiger charge is -2.42. The first kappa shape index (κ1) is 30.8. The predicted octanol–water partition coefficient (Wildman–Crippen LogP) is 6.68. The van der Waals surface area contributed by atoms with Gasteiger partial charge in [0.05, 0.1) is 6.04 Å². The predicted molar refractivity (Wildman–Crippen MR) is 143 cm³/mol. The second-order valence-corrected chi connectivity index (χ2v) is 7.13. The molecule has 0 aromatic heterocycles. The second kappa shape index (κ2) is 17.3. The van der Waals surface area contributed by atoms with Crippen molar-refractivity contribution in [1.82, 2.24) is 9.80 Å². The molecule has 2 aliphatic rings. The Balaban J connectivity index is 0.00000116. The Labute approximate surface area is 203 Å². The fraction of sp³-hybridized carbons (Fsp3) is 0.552. The quantitative estimate of drug-likeness (QED) is 0.547. The van der Waals surface area contributed by atoms with E-state index in [1.807, 2.05) is 67.3 Å². The van der Waals surface area contributed by atoms with Crippen molar-refractivity contribution in [2.45, 2.75) is 80.3 Å². The summed E-state index contributed by atoms with van der Waals surface area (Å²) in [5.41, 5.74) is 5.44. The summed E-state index contributed by atoms with van der Waals surface area (Å²) in [6.45, 7) is 18.2. The minimum Gasteiger partial charge on any atom is -0.480 e. The molecule has 0 spiro atoms. The molecule has 1 aliphatic carbocycles.